The number of carbonyl (C=O) groups excluding carboxylic acids is 1. The van der Waals surface area contributed by atoms with Gasteiger partial charge in [0.05, 0.1) is 17.7 Å². The molecular formula is C20H23N5O3. The minimum absolute atomic E-state index is 0.0105. The molecule has 8 nitrogen and oxygen atoms in total. The first kappa shape index (κ1) is 19.7. The van der Waals surface area contributed by atoms with E-state index in [0.717, 1.165) is 32.7 Å². The number of piperazine rings is 1. The highest BCUT2D eigenvalue weighted by atomic mass is 16.6. The molecule has 0 unspecified atom stereocenters. The van der Waals surface area contributed by atoms with Gasteiger partial charge in [-0.15, -0.1) is 0 Å². The van der Waals surface area contributed by atoms with Crippen LogP contribution in [0.4, 0.5) is 5.69 Å². The van der Waals surface area contributed by atoms with Crippen LogP contribution in [-0.4, -0.2) is 59.6 Å². The van der Waals surface area contributed by atoms with Crippen molar-refractivity contribution in [1.82, 2.24) is 15.2 Å². The third-order valence-corrected chi connectivity index (χ3v) is 4.57. The van der Waals surface area contributed by atoms with Crippen molar-refractivity contribution in [2.75, 3.05) is 32.7 Å². The predicted octanol–water partition coefficient (Wildman–Crippen LogP) is 1.86. The quantitative estimate of drug-likeness (QED) is 0.449. The second kappa shape index (κ2) is 9.72. The van der Waals surface area contributed by atoms with E-state index in [0.29, 0.717) is 5.56 Å². The zero-order valence-electron chi connectivity index (χ0n) is 15.5. The molecule has 0 atom stereocenters. The first-order valence-electron chi connectivity index (χ1n) is 9.15. The van der Waals surface area contributed by atoms with E-state index in [1.807, 2.05) is 18.2 Å². The monoisotopic (exact) mass is 381 g/mol. The lowest BCUT2D eigenvalue weighted by Crippen LogP contribution is -2.48. The fourth-order valence-electron chi connectivity index (χ4n) is 3.08. The number of hydrogen-bond donors (Lipinski definition) is 1. The van der Waals surface area contributed by atoms with Gasteiger partial charge in [-0.25, -0.2) is 5.43 Å². The second-order valence-electron chi connectivity index (χ2n) is 6.68. The number of non-ortho nitro benzene ring substituents is 1. The number of nitro groups is 1. The van der Waals surface area contributed by atoms with Crippen molar-refractivity contribution in [3.8, 4) is 0 Å². The molecule has 2 aromatic rings. The van der Waals surface area contributed by atoms with Gasteiger partial charge in [0.2, 0.25) is 0 Å². The molecule has 1 N–H and O–H groups in total. The minimum atomic E-state index is -0.465. The highest BCUT2D eigenvalue weighted by Crippen LogP contribution is 2.11. The van der Waals surface area contributed by atoms with Crippen molar-refractivity contribution in [3.05, 3.63) is 75.8 Å². The van der Waals surface area contributed by atoms with Crippen LogP contribution >= 0.6 is 0 Å². The van der Waals surface area contributed by atoms with Gasteiger partial charge in [-0.1, -0.05) is 42.5 Å². The van der Waals surface area contributed by atoms with Gasteiger partial charge < -0.3 is 0 Å². The molecule has 1 aliphatic heterocycles. The molecule has 0 spiro atoms. The molecular weight excluding hydrogens is 358 g/mol. The summed E-state index contributed by atoms with van der Waals surface area (Å²) in [7, 11) is 0. The van der Waals surface area contributed by atoms with E-state index in [2.05, 4.69) is 32.5 Å². The van der Waals surface area contributed by atoms with Crippen molar-refractivity contribution in [3.63, 3.8) is 0 Å². The summed E-state index contributed by atoms with van der Waals surface area (Å²) in [6.07, 6.45) is 1.41. The maximum Gasteiger partial charge on any atom is 0.270 e. The van der Waals surface area contributed by atoms with Gasteiger partial charge in [-0.05, 0) is 5.56 Å². The number of nitrogens with zero attached hydrogens (tertiary/aromatic N) is 4. The summed E-state index contributed by atoms with van der Waals surface area (Å²) < 4.78 is 0. The van der Waals surface area contributed by atoms with Crippen molar-refractivity contribution >= 4 is 17.8 Å². The summed E-state index contributed by atoms with van der Waals surface area (Å²) in [5, 5.41) is 14.7. The average Bonchev–Trinajstić information content (AvgIpc) is 2.70. The normalized spacial score (nSPS) is 15.6. The lowest BCUT2D eigenvalue weighted by molar-refractivity contribution is -0.384. The second-order valence-corrected chi connectivity index (χ2v) is 6.68. The molecule has 28 heavy (non-hydrogen) atoms. The molecule has 1 fully saturated rings. The maximum atomic E-state index is 12.1. The van der Waals surface area contributed by atoms with E-state index < -0.39 is 4.92 Å². The lowest BCUT2D eigenvalue weighted by atomic mass is 10.2. The third kappa shape index (κ3) is 5.97. The lowest BCUT2D eigenvalue weighted by Gasteiger charge is -2.34. The van der Waals surface area contributed by atoms with Crippen LogP contribution in [0.15, 0.2) is 59.7 Å². The summed E-state index contributed by atoms with van der Waals surface area (Å²) >= 11 is 0. The van der Waals surface area contributed by atoms with Crippen LogP contribution in [0.2, 0.25) is 0 Å². The number of nitrogens with one attached hydrogen (secondary N) is 1. The molecule has 1 aliphatic rings. The maximum absolute atomic E-state index is 12.1. The Labute approximate surface area is 163 Å². The Hall–Kier alpha value is -3.10. The van der Waals surface area contributed by atoms with E-state index in [4.69, 9.17) is 0 Å². The fourth-order valence-corrected chi connectivity index (χ4v) is 3.08. The molecule has 0 radical (unpaired) electrons. The van der Waals surface area contributed by atoms with Crippen molar-refractivity contribution in [2.45, 2.75) is 6.54 Å². The number of benzene rings is 2. The zero-order valence-corrected chi connectivity index (χ0v) is 15.5. The van der Waals surface area contributed by atoms with Gasteiger partial charge in [-0.2, -0.15) is 5.10 Å². The summed E-state index contributed by atoms with van der Waals surface area (Å²) in [6, 6.07) is 16.4. The zero-order chi connectivity index (χ0) is 19.8. The first-order chi connectivity index (χ1) is 13.6. The molecule has 1 saturated heterocycles. The molecule has 8 heteroatoms. The van der Waals surface area contributed by atoms with Gasteiger partial charge in [0.25, 0.3) is 11.6 Å². The molecule has 0 aromatic heterocycles. The summed E-state index contributed by atoms with van der Waals surface area (Å²) in [5.41, 5.74) is 4.33. The van der Waals surface area contributed by atoms with E-state index >= 15 is 0 Å². The van der Waals surface area contributed by atoms with E-state index in [1.54, 1.807) is 12.1 Å². The van der Waals surface area contributed by atoms with E-state index in [-0.39, 0.29) is 18.1 Å². The van der Waals surface area contributed by atoms with Gasteiger partial charge in [0.1, 0.15) is 0 Å². The van der Waals surface area contributed by atoms with Crippen LogP contribution in [0, 0.1) is 10.1 Å². The first-order valence-corrected chi connectivity index (χ1v) is 9.15. The van der Waals surface area contributed by atoms with E-state index in [1.165, 1.54) is 23.9 Å². The average molecular weight is 381 g/mol. The largest absolute Gasteiger partial charge is 0.297 e. The number of hydrogen-bond acceptors (Lipinski definition) is 6. The fraction of sp³-hybridized carbons (Fsp3) is 0.300. The molecule has 146 valence electrons. The summed E-state index contributed by atoms with van der Waals surface area (Å²) in [5.74, 6) is -0.196. The molecule has 0 aliphatic carbocycles. The van der Waals surface area contributed by atoms with Crippen LogP contribution in [0.25, 0.3) is 0 Å². The molecule has 0 saturated carbocycles. The molecule has 0 bridgehead atoms. The van der Waals surface area contributed by atoms with Crippen molar-refractivity contribution < 1.29 is 9.72 Å². The SMILES string of the molecule is O=C(CN1CCN(Cc2ccccc2)CC1)N/N=C/c1cccc([N+](=O)[O-])c1. The number of hydrazone groups is 1. The van der Waals surface area contributed by atoms with Gasteiger partial charge in [0.15, 0.2) is 0 Å². The van der Waals surface area contributed by atoms with Gasteiger partial charge in [0, 0.05) is 50.4 Å². The van der Waals surface area contributed by atoms with Gasteiger partial charge in [-0.3, -0.25) is 24.7 Å². The Bertz CT molecular complexity index is 833. The predicted molar refractivity (Wildman–Crippen MR) is 107 cm³/mol. The Kier molecular flexibility index (Phi) is 6.83. The highest BCUT2D eigenvalue weighted by molar-refractivity contribution is 5.83. The van der Waals surface area contributed by atoms with Gasteiger partial charge >= 0.3 is 0 Å². The summed E-state index contributed by atoms with van der Waals surface area (Å²) in [4.78, 5) is 26.8. The Morgan fingerprint density at radius 3 is 2.50 bits per heavy atom. The molecule has 2 aromatic carbocycles. The molecule has 1 amide bonds. The number of nitro benzene ring substituents is 1. The Balaban J connectivity index is 1.40. The topological polar surface area (TPSA) is 91.1 Å². The number of amides is 1. The smallest absolute Gasteiger partial charge is 0.270 e. The van der Waals surface area contributed by atoms with Crippen LogP contribution < -0.4 is 5.43 Å². The number of rotatable bonds is 7. The van der Waals surface area contributed by atoms with Crippen LogP contribution in [0.5, 0.6) is 0 Å². The Morgan fingerprint density at radius 2 is 1.79 bits per heavy atom. The minimum Gasteiger partial charge on any atom is -0.297 e. The Morgan fingerprint density at radius 1 is 1.07 bits per heavy atom. The molecule has 1 heterocycles. The standard InChI is InChI=1S/C20H23N5O3/c26-20(22-21-14-18-7-4-8-19(13-18)25(27)28)16-24-11-9-23(10-12-24)15-17-5-2-1-3-6-17/h1-8,13-14H,9-12,15-16H2,(H,22,26)/b21-14+. The van der Waals surface area contributed by atoms with Crippen LogP contribution in [0.1, 0.15) is 11.1 Å². The molecule has 3 rings (SSSR count). The van der Waals surface area contributed by atoms with Crippen molar-refractivity contribution in [2.24, 2.45) is 5.10 Å². The summed E-state index contributed by atoms with van der Waals surface area (Å²) in [6.45, 7) is 4.70. The van der Waals surface area contributed by atoms with Crippen LogP contribution in [0.3, 0.4) is 0 Å². The number of carbonyl (C=O) groups is 1. The van der Waals surface area contributed by atoms with Crippen molar-refractivity contribution in [1.29, 1.82) is 0 Å². The highest BCUT2D eigenvalue weighted by Gasteiger charge is 2.18. The van der Waals surface area contributed by atoms with Crippen LogP contribution in [-0.2, 0) is 11.3 Å². The third-order valence-electron chi connectivity index (χ3n) is 4.57. The van der Waals surface area contributed by atoms with E-state index in [9.17, 15) is 14.9 Å².